The molecule has 0 radical (unpaired) electrons. The van der Waals surface area contributed by atoms with Crippen molar-refractivity contribution in [1.82, 2.24) is 5.32 Å². The lowest BCUT2D eigenvalue weighted by molar-refractivity contribution is -0.881. The molecule has 5 nitrogen and oxygen atoms in total. The van der Waals surface area contributed by atoms with Crippen LogP contribution < -0.4 is 15.5 Å². The predicted octanol–water partition coefficient (Wildman–Crippen LogP) is 2.03. The maximum atomic E-state index is 12.6. The lowest BCUT2D eigenvalue weighted by atomic mass is 10.0. The Kier molecular flexibility index (Phi) is 8.48. The number of anilines is 1. The third-order valence-electron chi connectivity index (χ3n) is 4.62. The van der Waals surface area contributed by atoms with Gasteiger partial charge in [0.15, 0.2) is 13.1 Å². The van der Waals surface area contributed by atoms with Crippen molar-refractivity contribution in [3.63, 3.8) is 0 Å². The zero-order chi connectivity index (χ0) is 19.6. The van der Waals surface area contributed by atoms with Crippen molar-refractivity contribution >= 4 is 28.8 Å². The van der Waals surface area contributed by atoms with Crippen LogP contribution in [0, 0.1) is 0 Å². The molecule has 0 fully saturated rings. The Labute approximate surface area is 165 Å². The van der Waals surface area contributed by atoms with Crippen LogP contribution in [0.25, 0.3) is 0 Å². The van der Waals surface area contributed by atoms with Gasteiger partial charge in [0.25, 0.3) is 11.8 Å². The molecule has 146 valence electrons. The molecule has 0 aliphatic rings. The van der Waals surface area contributed by atoms with Gasteiger partial charge in [-0.1, -0.05) is 38.1 Å². The fourth-order valence-corrected chi connectivity index (χ4v) is 3.66. The van der Waals surface area contributed by atoms with Crippen LogP contribution in [0.2, 0.25) is 0 Å². The fourth-order valence-electron chi connectivity index (χ4n) is 3.01. The SMILES string of the molecule is CCc1cccc(CC)c1NC(=O)C[NH+](CC)CC(=O)NCc1cccs1. The summed E-state index contributed by atoms with van der Waals surface area (Å²) in [5.41, 5.74) is 3.23. The molecule has 1 aromatic carbocycles. The minimum atomic E-state index is -0.0477. The van der Waals surface area contributed by atoms with Crippen molar-refractivity contribution in [2.45, 2.75) is 40.2 Å². The van der Waals surface area contributed by atoms with Gasteiger partial charge >= 0.3 is 0 Å². The molecular formula is C21H30N3O2S+. The van der Waals surface area contributed by atoms with E-state index in [0.717, 1.165) is 46.0 Å². The highest BCUT2D eigenvalue weighted by molar-refractivity contribution is 7.09. The van der Waals surface area contributed by atoms with E-state index in [0.29, 0.717) is 13.1 Å². The largest absolute Gasteiger partial charge is 0.346 e. The van der Waals surface area contributed by atoms with Gasteiger partial charge in [-0.2, -0.15) is 0 Å². The number of hydrogen-bond donors (Lipinski definition) is 3. The highest BCUT2D eigenvalue weighted by Crippen LogP contribution is 2.22. The Morgan fingerprint density at radius 2 is 1.63 bits per heavy atom. The average molecular weight is 389 g/mol. The molecular weight excluding hydrogens is 358 g/mol. The van der Waals surface area contributed by atoms with Crippen molar-refractivity contribution in [2.75, 3.05) is 25.0 Å². The first kappa shape index (κ1) is 21.1. The van der Waals surface area contributed by atoms with E-state index >= 15 is 0 Å². The Morgan fingerprint density at radius 1 is 0.963 bits per heavy atom. The van der Waals surface area contributed by atoms with Crippen LogP contribution in [0.1, 0.15) is 36.8 Å². The van der Waals surface area contributed by atoms with E-state index in [1.165, 1.54) is 0 Å². The number of para-hydroxylation sites is 1. The topological polar surface area (TPSA) is 62.6 Å². The molecule has 6 heteroatoms. The molecule has 0 aliphatic carbocycles. The monoisotopic (exact) mass is 388 g/mol. The molecule has 3 N–H and O–H groups in total. The Balaban J connectivity index is 1.90. The first-order valence-corrected chi connectivity index (χ1v) is 10.5. The van der Waals surface area contributed by atoms with Gasteiger partial charge in [0.05, 0.1) is 13.1 Å². The van der Waals surface area contributed by atoms with E-state index in [9.17, 15) is 9.59 Å². The molecule has 1 heterocycles. The molecule has 0 saturated heterocycles. The summed E-state index contributed by atoms with van der Waals surface area (Å²) < 4.78 is 0. The van der Waals surface area contributed by atoms with Gasteiger partial charge in [-0.15, -0.1) is 11.3 Å². The number of quaternary nitrogens is 1. The third-order valence-corrected chi connectivity index (χ3v) is 5.50. The summed E-state index contributed by atoms with van der Waals surface area (Å²) in [6, 6.07) is 10.1. The summed E-state index contributed by atoms with van der Waals surface area (Å²) >= 11 is 1.62. The second kappa shape index (κ2) is 10.8. The van der Waals surface area contributed by atoms with Crippen molar-refractivity contribution < 1.29 is 14.5 Å². The van der Waals surface area contributed by atoms with Crippen LogP contribution in [0.4, 0.5) is 5.69 Å². The molecule has 2 aromatic rings. The van der Waals surface area contributed by atoms with E-state index in [4.69, 9.17) is 0 Å². The van der Waals surface area contributed by atoms with Crippen molar-refractivity contribution in [2.24, 2.45) is 0 Å². The van der Waals surface area contributed by atoms with Crippen LogP contribution in [-0.2, 0) is 29.0 Å². The zero-order valence-electron chi connectivity index (χ0n) is 16.4. The maximum Gasteiger partial charge on any atom is 0.279 e. The molecule has 0 bridgehead atoms. The lowest BCUT2D eigenvalue weighted by Gasteiger charge is -2.19. The molecule has 2 rings (SSSR count). The third kappa shape index (κ3) is 6.48. The summed E-state index contributed by atoms with van der Waals surface area (Å²) in [6.07, 6.45) is 1.75. The molecule has 1 unspecified atom stereocenters. The molecule has 2 amide bonds. The minimum Gasteiger partial charge on any atom is -0.346 e. The van der Waals surface area contributed by atoms with E-state index in [-0.39, 0.29) is 18.4 Å². The number of rotatable bonds is 10. The number of amides is 2. The number of nitrogens with one attached hydrogen (secondary N) is 3. The summed E-state index contributed by atoms with van der Waals surface area (Å²) in [5.74, 6) is -0.0789. The summed E-state index contributed by atoms with van der Waals surface area (Å²) in [7, 11) is 0. The van der Waals surface area contributed by atoms with E-state index < -0.39 is 0 Å². The number of benzene rings is 1. The van der Waals surface area contributed by atoms with Crippen LogP contribution >= 0.6 is 11.3 Å². The number of likely N-dealkylation sites (N-methyl/N-ethyl adjacent to an activating group) is 1. The molecule has 0 aliphatic heterocycles. The van der Waals surface area contributed by atoms with Crippen LogP contribution in [0.15, 0.2) is 35.7 Å². The summed E-state index contributed by atoms with van der Waals surface area (Å²) in [4.78, 5) is 26.8. The smallest absolute Gasteiger partial charge is 0.279 e. The van der Waals surface area contributed by atoms with Crippen LogP contribution in [0.5, 0.6) is 0 Å². The average Bonchev–Trinajstić information content (AvgIpc) is 3.19. The maximum absolute atomic E-state index is 12.6. The van der Waals surface area contributed by atoms with Gasteiger partial charge in [-0.05, 0) is 42.3 Å². The van der Waals surface area contributed by atoms with Gasteiger partial charge in [-0.3, -0.25) is 9.59 Å². The second-order valence-corrected chi connectivity index (χ2v) is 7.55. The summed E-state index contributed by atoms with van der Waals surface area (Å²) in [6.45, 7) is 8.01. The van der Waals surface area contributed by atoms with Crippen molar-refractivity contribution in [3.05, 3.63) is 51.7 Å². The minimum absolute atomic E-state index is 0.0312. The Bertz CT molecular complexity index is 722. The number of carbonyl (C=O) groups excluding carboxylic acids is 2. The Morgan fingerprint density at radius 3 is 2.19 bits per heavy atom. The number of carbonyl (C=O) groups is 2. The van der Waals surface area contributed by atoms with Gasteiger partial charge in [0, 0.05) is 10.6 Å². The predicted molar refractivity (Wildman–Crippen MR) is 111 cm³/mol. The lowest BCUT2D eigenvalue weighted by Crippen LogP contribution is -3.14. The normalized spacial score (nSPS) is 11.8. The van der Waals surface area contributed by atoms with Gasteiger partial charge in [0.1, 0.15) is 0 Å². The molecule has 0 saturated carbocycles. The fraction of sp³-hybridized carbons (Fsp3) is 0.429. The number of hydrogen-bond acceptors (Lipinski definition) is 3. The first-order chi connectivity index (χ1) is 13.1. The van der Waals surface area contributed by atoms with E-state index in [1.54, 1.807) is 11.3 Å². The molecule has 1 aromatic heterocycles. The van der Waals surface area contributed by atoms with Gasteiger partial charge in [0.2, 0.25) is 0 Å². The molecule has 1 atom stereocenters. The highest BCUT2D eigenvalue weighted by atomic mass is 32.1. The van der Waals surface area contributed by atoms with E-state index in [2.05, 4.69) is 36.6 Å². The second-order valence-electron chi connectivity index (χ2n) is 6.52. The Hall–Kier alpha value is -2.18. The quantitative estimate of drug-likeness (QED) is 0.583. The standard InChI is InChI=1S/C21H29N3O2S/c1-4-16-9-7-10-17(5-2)21(16)23-20(26)15-24(6-3)14-19(25)22-13-18-11-8-12-27-18/h7-12H,4-6,13-15H2,1-3H3,(H,22,25)(H,23,26)/p+1. The highest BCUT2D eigenvalue weighted by Gasteiger charge is 2.18. The van der Waals surface area contributed by atoms with Crippen molar-refractivity contribution in [1.29, 1.82) is 0 Å². The molecule has 27 heavy (non-hydrogen) atoms. The van der Waals surface area contributed by atoms with Crippen LogP contribution in [-0.4, -0.2) is 31.4 Å². The summed E-state index contributed by atoms with van der Waals surface area (Å²) in [5, 5.41) is 8.01. The van der Waals surface area contributed by atoms with E-state index in [1.807, 2.05) is 30.5 Å². The van der Waals surface area contributed by atoms with Gasteiger partial charge < -0.3 is 15.5 Å². The molecule has 0 spiro atoms. The van der Waals surface area contributed by atoms with Crippen molar-refractivity contribution in [3.8, 4) is 0 Å². The number of aryl methyl sites for hydroxylation is 2. The van der Waals surface area contributed by atoms with Gasteiger partial charge in [-0.25, -0.2) is 0 Å². The van der Waals surface area contributed by atoms with Crippen LogP contribution in [0.3, 0.4) is 0 Å². The number of thiophene rings is 1. The first-order valence-electron chi connectivity index (χ1n) is 9.60. The zero-order valence-corrected chi connectivity index (χ0v) is 17.2.